The highest BCUT2D eigenvalue weighted by atomic mass is 19.1. The summed E-state index contributed by atoms with van der Waals surface area (Å²) in [5.41, 5.74) is 1.85. The van der Waals surface area contributed by atoms with E-state index in [4.69, 9.17) is 9.47 Å². The van der Waals surface area contributed by atoms with Gasteiger partial charge >= 0.3 is 0 Å². The van der Waals surface area contributed by atoms with Crippen molar-refractivity contribution in [3.05, 3.63) is 59.4 Å². The SMILES string of the molecule is COc1ccc(C2CNCC2C(=O)NCc2ccc(F)cc2)c(OC)c1. The number of rotatable bonds is 6. The van der Waals surface area contributed by atoms with Crippen LogP contribution in [0.25, 0.3) is 0 Å². The molecule has 1 aliphatic rings. The molecule has 0 radical (unpaired) electrons. The molecule has 138 valence electrons. The summed E-state index contributed by atoms with van der Waals surface area (Å²) in [6.07, 6.45) is 0. The van der Waals surface area contributed by atoms with E-state index in [9.17, 15) is 9.18 Å². The molecule has 1 amide bonds. The topological polar surface area (TPSA) is 59.6 Å². The largest absolute Gasteiger partial charge is 0.497 e. The van der Waals surface area contributed by atoms with Crippen molar-refractivity contribution in [1.29, 1.82) is 0 Å². The number of benzene rings is 2. The van der Waals surface area contributed by atoms with Crippen molar-refractivity contribution >= 4 is 5.91 Å². The Bertz CT molecular complexity index is 764. The third-order valence-electron chi connectivity index (χ3n) is 4.77. The van der Waals surface area contributed by atoms with E-state index in [0.29, 0.717) is 25.4 Å². The van der Waals surface area contributed by atoms with E-state index < -0.39 is 0 Å². The zero-order chi connectivity index (χ0) is 18.5. The lowest BCUT2D eigenvalue weighted by Gasteiger charge is -2.21. The van der Waals surface area contributed by atoms with Crippen molar-refractivity contribution in [2.45, 2.75) is 12.5 Å². The molecule has 1 saturated heterocycles. The van der Waals surface area contributed by atoms with Crippen LogP contribution < -0.4 is 20.1 Å². The maximum atomic E-state index is 13.0. The fourth-order valence-corrected chi connectivity index (χ4v) is 3.33. The summed E-state index contributed by atoms with van der Waals surface area (Å²) in [5.74, 6) is 0.944. The van der Waals surface area contributed by atoms with Gasteiger partial charge in [0.2, 0.25) is 5.91 Å². The molecule has 2 aromatic carbocycles. The van der Waals surface area contributed by atoms with Gasteiger partial charge in [-0.25, -0.2) is 4.39 Å². The summed E-state index contributed by atoms with van der Waals surface area (Å²) in [6.45, 7) is 1.69. The predicted molar refractivity (Wildman–Crippen MR) is 96.9 cm³/mol. The van der Waals surface area contributed by atoms with Crippen LogP contribution in [0.3, 0.4) is 0 Å². The molecule has 3 rings (SSSR count). The minimum atomic E-state index is -0.285. The summed E-state index contributed by atoms with van der Waals surface area (Å²) < 4.78 is 23.7. The maximum Gasteiger partial charge on any atom is 0.225 e. The molecule has 0 saturated carbocycles. The molecule has 1 fully saturated rings. The fourth-order valence-electron chi connectivity index (χ4n) is 3.33. The monoisotopic (exact) mass is 358 g/mol. The summed E-state index contributed by atoms with van der Waals surface area (Å²) in [6, 6.07) is 11.8. The molecule has 0 bridgehead atoms. The second-order valence-corrected chi connectivity index (χ2v) is 6.32. The molecule has 2 atom stereocenters. The first-order valence-corrected chi connectivity index (χ1v) is 8.57. The van der Waals surface area contributed by atoms with Gasteiger partial charge < -0.3 is 20.1 Å². The van der Waals surface area contributed by atoms with E-state index in [1.54, 1.807) is 26.4 Å². The van der Waals surface area contributed by atoms with Gasteiger partial charge in [-0.15, -0.1) is 0 Å². The summed E-state index contributed by atoms with van der Waals surface area (Å²) >= 11 is 0. The number of nitrogens with one attached hydrogen (secondary N) is 2. The Morgan fingerprint density at radius 2 is 1.92 bits per heavy atom. The van der Waals surface area contributed by atoms with E-state index in [0.717, 1.165) is 16.9 Å². The van der Waals surface area contributed by atoms with Gasteiger partial charge in [0.15, 0.2) is 0 Å². The highest BCUT2D eigenvalue weighted by Gasteiger charge is 2.35. The van der Waals surface area contributed by atoms with Crippen molar-refractivity contribution in [2.75, 3.05) is 27.3 Å². The summed E-state index contributed by atoms with van der Waals surface area (Å²) in [5, 5.41) is 6.24. The first kappa shape index (κ1) is 18.2. The Balaban J connectivity index is 1.71. The van der Waals surface area contributed by atoms with E-state index >= 15 is 0 Å². The Morgan fingerprint density at radius 1 is 1.15 bits per heavy atom. The molecule has 1 aliphatic heterocycles. The molecule has 26 heavy (non-hydrogen) atoms. The van der Waals surface area contributed by atoms with Crippen LogP contribution in [0.15, 0.2) is 42.5 Å². The molecule has 1 heterocycles. The normalized spacial score (nSPS) is 19.2. The van der Waals surface area contributed by atoms with Crippen molar-refractivity contribution < 1.29 is 18.7 Å². The van der Waals surface area contributed by atoms with Crippen LogP contribution in [0.4, 0.5) is 4.39 Å². The van der Waals surface area contributed by atoms with Crippen molar-refractivity contribution in [3.8, 4) is 11.5 Å². The van der Waals surface area contributed by atoms with Gasteiger partial charge in [0.1, 0.15) is 17.3 Å². The highest BCUT2D eigenvalue weighted by molar-refractivity contribution is 5.80. The Kier molecular flexibility index (Phi) is 5.73. The average Bonchev–Trinajstić information content (AvgIpc) is 3.16. The van der Waals surface area contributed by atoms with Gasteiger partial charge in [-0.1, -0.05) is 18.2 Å². The molecular formula is C20H23FN2O3. The second-order valence-electron chi connectivity index (χ2n) is 6.32. The van der Waals surface area contributed by atoms with Gasteiger partial charge in [0.25, 0.3) is 0 Å². The summed E-state index contributed by atoms with van der Waals surface area (Å²) in [4.78, 5) is 12.7. The molecule has 2 aromatic rings. The number of hydrogen-bond acceptors (Lipinski definition) is 4. The molecule has 0 aromatic heterocycles. The average molecular weight is 358 g/mol. The minimum absolute atomic E-state index is 0.0177. The Hall–Kier alpha value is -2.60. The van der Waals surface area contributed by atoms with Crippen molar-refractivity contribution in [3.63, 3.8) is 0 Å². The quantitative estimate of drug-likeness (QED) is 0.833. The second kappa shape index (κ2) is 8.19. The van der Waals surface area contributed by atoms with E-state index in [1.165, 1.54) is 12.1 Å². The number of methoxy groups -OCH3 is 2. The number of carbonyl (C=O) groups excluding carboxylic acids is 1. The smallest absolute Gasteiger partial charge is 0.225 e. The fraction of sp³-hybridized carbons (Fsp3) is 0.350. The van der Waals surface area contributed by atoms with Gasteiger partial charge in [-0.2, -0.15) is 0 Å². The van der Waals surface area contributed by atoms with Crippen LogP contribution in [0.1, 0.15) is 17.0 Å². The third kappa shape index (κ3) is 3.96. The van der Waals surface area contributed by atoms with E-state index in [2.05, 4.69) is 10.6 Å². The van der Waals surface area contributed by atoms with Gasteiger partial charge in [-0.3, -0.25) is 4.79 Å². The van der Waals surface area contributed by atoms with Crippen LogP contribution >= 0.6 is 0 Å². The highest BCUT2D eigenvalue weighted by Crippen LogP contribution is 2.36. The van der Waals surface area contributed by atoms with Crippen LogP contribution in [-0.4, -0.2) is 33.2 Å². The number of carbonyl (C=O) groups is 1. The standard InChI is InChI=1S/C20H23FN2O3/c1-25-15-7-8-16(19(9-15)26-2)17-11-22-12-18(17)20(24)23-10-13-3-5-14(21)6-4-13/h3-9,17-18,22H,10-12H2,1-2H3,(H,23,24). The van der Waals surface area contributed by atoms with Crippen LogP contribution in [0, 0.1) is 11.7 Å². The first-order chi connectivity index (χ1) is 12.6. The van der Waals surface area contributed by atoms with Gasteiger partial charge in [0, 0.05) is 31.6 Å². The van der Waals surface area contributed by atoms with Crippen molar-refractivity contribution in [1.82, 2.24) is 10.6 Å². The molecule has 0 spiro atoms. The Morgan fingerprint density at radius 3 is 2.62 bits per heavy atom. The zero-order valence-electron chi connectivity index (χ0n) is 14.9. The minimum Gasteiger partial charge on any atom is -0.497 e. The lowest BCUT2D eigenvalue weighted by Crippen LogP contribution is -2.34. The van der Waals surface area contributed by atoms with Crippen LogP contribution in [-0.2, 0) is 11.3 Å². The predicted octanol–water partition coefficient (Wildman–Crippen LogP) is 2.46. The van der Waals surface area contributed by atoms with Crippen molar-refractivity contribution in [2.24, 2.45) is 5.92 Å². The lowest BCUT2D eigenvalue weighted by molar-refractivity contribution is -0.125. The molecule has 2 unspecified atom stereocenters. The zero-order valence-corrected chi connectivity index (χ0v) is 14.9. The third-order valence-corrected chi connectivity index (χ3v) is 4.77. The summed E-state index contributed by atoms with van der Waals surface area (Å²) in [7, 11) is 3.22. The molecular weight excluding hydrogens is 335 g/mol. The van der Waals surface area contributed by atoms with E-state index in [1.807, 2.05) is 18.2 Å². The number of ether oxygens (including phenoxy) is 2. The van der Waals surface area contributed by atoms with Gasteiger partial charge in [-0.05, 0) is 29.3 Å². The molecule has 2 N–H and O–H groups in total. The molecule has 6 heteroatoms. The van der Waals surface area contributed by atoms with Crippen LogP contribution in [0.2, 0.25) is 0 Å². The molecule has 0 aliphatic carbocycles. The Labute approximate surface area is 152 Å². The maximum absolute atomic E-state index is 13.0. The first-order valence-electron chi connectivity index (χ1n) is 8.57. The van der Waals surface area contributed by atoms with Crippen LogP contribution in [0.5, 0.6) is 11.5 Å². The lowest BCUT2D eigenvalue weighted by atomic mass is 9.87. The number of halogens is 1. The number of amides is 1. The van der Waals surface area contributed by atoms with E-state index in [-0.39, 0.29) is 23.6 Å². The number of hydrogen-bond donors (Lipinski definition) is 2. The molecule has 5 nitrogen and oxygen atoms in total. The van der Waals surface area contributed by atoms with Gasteiger partial charge in [0.05, 0.1) is 20.1 Å².